The van der Waals surface area contributed by atoms with Crippen molar-refractivity contribution in [3.63, 3.8) is 0 Å². The van der Waals surface area contributed by atoms with Crippen LogP contribution >= 0.6 is 0 Å². The van der Waals surface area contributed by atoms with Crippen molar-refractivity contribution in [1.29, 1.82) is 0 Å². The van der Waals surface area contributed by atoms with Gasteiger partial charge in [-0.25, -0.2) is 0 Å². The van der Waals surface area contributed by atoms with E-state index in [0.717, 1.165) is 0 Å². The minimum Gasteiger partial charge on any atom is -1.00 e. The van der Waals surface area contributed by atoms with Crippen LogP contribution in [0.25, 0.3) is 0 Å². The maximum Gasteiger partial charge on any atom is 1.00 e. The summed E-state index contributed by atoms with van der Waals surface area (Å²) in [4.78, 5) is 0. The number of nitrogens with two attached hydrogens (primary N) is 1. The van der Waals surface area contributed by atoms with Crippen LogP contribution in [0, 0.1) is 10.8 Å². The van der Waals surface area contributed by atoms with Gasteiger partial charge in [-0.05, 0) is 23.7 Å². The average molecular weight is 165 g/mol. The van der Waals surface area contributed by atoms with Gasteiger partial charge in [0, 0.05) is 6.04 Å². The third-order valence-electron chi connectivity index (χ3n) is 3.38. The van der Waals surface area contributed by atoms with E-state index in [2.05, 4.69) is 27.7 Å². The van der Waals surface area contributed by atoms with Crippen LogP contribution in [0.4, 0.5) is 0 Å². The monoisotopic (exact) mass is 165 g/mol. The summed E-state index contributed by atoms with van der Waals surface area (Å²) in [7, 11) is 0. The van der Waals surface area contributed by atoms with Crippen LogP contribution < -0.4 is 35.3 Å². The van der Waals surface area contributed by atoms with E-state index in [-0.39, 0.29) is 31.0 Å². The molecule has 0 heterocycles. The molecular weight excluding hydrogens is 145 g/mol. The zero-order valence-electron chi connectivity index (χ0n) is 9.57. The molecule has 1 aliphatic rings. The van der Waals surface area contributed by atoms with Gasteiger partial charge in [-0.1, -0.05) is 27.7 Å². The van der Waals surface area contributed by atoms with Gasteiger partial charge in [0.2, 0.25) is 0 Å². The van der Waals surface area contributed by atoms with Crippen molar-refractivity contribution < 1.29 is 31.0 Å². The topological polar surface area (TPSA) is 26.0 Å². The molecule has 0 aromatic rings. The molecule has 0 aliphatic heterocycles. The Morgan fingerprint density at radius 3 is 1.45 bits per heavy atom. The van der Waals surface area contributed by atoms with Gasteiger partial charge in [0.15, 0.2) is 0 Å². The molecule has 11 heavy (non-hydrogen) atoms. The first-order valence-electron chi connectivity index (χ1n) is 4.11. The van der Waals surface area contributed by atoms with E-state index < -0.39 is 0 Å². The van der Waals surface area contributed by atoms with Gasteiger partial charge >= 0.3 is 29.6 Å². The number of rotatable bonds is 0. The van der Waals surface area contributed by atoms with Crippen LogP contribution in [0.2, 0.25) is 0 Å². The van der Waals surface area contributed by atoms with Crippen LogP contribution in [0.3, 0.4) is 0 Å². The van der Waals surface area contributed by atoms with Gasteiger partial charge in [0.1, 0.15) is 0 Å². The molecule has 0 bridgehead atoms. The molecule has 0 radical (unpaired) electrons. The Bertz CT molecular complexity index is 129. The van der Waals surface area contributed by atoms with Crippen LogP contribution in [0.1, 0.15) is 42.0 Å². The smallest absolute Gasteiger partial charge is 1.00 e. The number of hydrogen-bond donors (Lipinski definition) is 1. The third kappa shape index (κ3) is 2.21. The maximum atomic E-state index is 5.89. The summed E-state index contributed by atoms with van der Waals surface area (Å²) in [5.41, 5.74) is 6.76. The predicted octanol–water partition coefficient (Wildman–Crippen LogP) is -0.724. The first-order valence-corrected chi connectivity index (χ1v) is 4.11. The Labute approximate surface area is 93.9 Å². The van der Waals surface area contributed by atoms with Crippen molar-refractivity contribution in [3.8, 4) is 0 Å². The molecule has 1 fully saturated rings. The Kier molecular flexibility index (Phi) is 3.66. The van der Waals surface area contributed by atoms with Crippen LogP contribution in [0.5, 0.6) is 0 Å². The van der Waals surface area contributed by atoms with Gasteiger partial charge in [-0.2, -0.15) is 0 Å². The number of hydrogen-bond acceptors (Lipinski definition) is 1. The first kappa shape index (κ1) is 12.0. The molecule has 1 aliphatic carbocycles. The minimum absolute atomic E-state index is 0. The van der Waals surface area contributed by atoms with Gasteiger partial charge < -0.3 is 7.16 Å². The Hall–Kier alpha value is 0.960. The van der Waals surface area contributed by atoms with Crippen molar-refractivity contribution in [1.82, 2.24) is 0 Å². The van der Waals surface area contributed by atoms with E-state index in [1.807, 2.05) is 0 Å². The van der Waals surface area contributed by atoms with Crippen molar-refractivity contribution >= 4 is 0 Å². The summed E-state index contributed by atoms with van der Waals surface area (Å²) < 4.78 is 0. The van der Waals surface area contributed by atoms with E-state index in [1.54, 1.807) is 0 Å². The fraction of sp³-hybridized carbons (Fsp3) is 1.00. The molecule has 1 nitrogen and oxygen atoms in total. The summed E-state index contributed by atoms with van der Waals surface area (Å²) in [6.45, 7) is 9.28. The van der Waals surface area contributed by atoms with Crippen molar-refractivity contribution in [3.05, 3.63) is 0 Å². The standard InChI is InChI=1S/C9H19N.Na.H/c1-8(2)5-7(10)6-9(8,3)4;;/h7H,5-6,10H2,1-4H3;;/q;+1;-1. The molecule has 0 atom stereocenters. The zero-order chi connectivity index (χ0) is 7.99. The molecule has 1 rings (SSSR count). The normalized spacial score (nSPS) is 28.1. The molecule has 2 heteroatoms. The molecular formula is C9H20NNa. The maximum absolute atomic E-state index is 5.89. The summed E-state index contributed by atoms with van der Waals surface area (Å²) in [6.07, 6.45) is 2.36. The second-order valence-electron chi connectivity index (χ2n) is 4.94. The molecule has 0 saturated heterocycles. The van der Waals surface area contributed by atoms with Crippen LogP contribution in [-0.4, -0.2) is 6.04 Å². The van der Waals surface area contributed by atoms with Crippen LogP contribution in [0.15, 0.2) is 0 Å². The van der Waals surface area contributed by atoms with Gasteiger partial charge in [-0.15, -0.1) is 0 Å². The van der Waals surface area contributed by atoms with Gasteiger partial charge in [0.05, 0.1) is 0 Å². The predicted molar refractivity (Wildman–Crippen MR) is 45.9 cm³/mol. The molecule has 62 valence electrons. The molecule has 0 spiro atoms. The molecule has 1 saturated carbocycles. The van der Waals surface area contributed by atoms with Crippen molar-refractivity contribution in [2.75, 3.05) is 0 Å². The second-order valence-corrected chi connectivity index (χ2v) is 4.94. The zero-order valence-corrected chi connectivity index (χ0v) is 10.6. The fourth-order valence-electron chi connectivity index (χ4n) is 1.94. The Balaban J connectivity index is 0. The summed E-state index contributed by atoms with van der Waals surface area (Å²) >= 11 is 0. The minimum atomic E-state index is 0. The Morgan fingerprint density at radius 2 is 1.36 bits per heavy atom. The second kappa shape index (κ2) is 3.37. The molecule has 0 aromatic heterocycles. The molecule has 0 amide bonds. The quantitative estimate of drug-likeness (QED) is 0.471. The summed E-state index contributed by atoms with van der Waals surface area (Å²) in [5, 5.41) is 0. The van der Waals surface area contributed by atoms with Crippen LogP contribution in [-0.2, 0) is 0 Å². The first-order chi connectivity index (χ1) is 4.35. The third-order valence-corrected chi connectivity index (χ3v) is 3.38. The molecule has 0 unspecified atom stereocenters. The van der Waals surface area contributed by atoms with Crippen molar-refractivity contribution in [2.24, 2.45) is 16.6 Å². The summed E-state index contributed by atoms with van der Waals surface area (Å²) in [6, 6.07) is 0.435. The van der Waals surface area contributed by atoms with Gasteiger partial charge in [0.25, 0.3) is 0 Å². The van der Waals surface area contributed by atoms with Gasteiger partial charge in [-0.3, -0.25) is 0 Å². The van der Waals surface area contributed by atoms with E-state index in [1.165, 1.54) is 12.8 Å². The fourth-order valence-corrected chi connectivity index (χ4v) is 1.94. The van der Waals surface area contributed by atoms with Crippen molar-refractivity contribution in [2.45, 2.75) is 46.6 Å². The SMILES string of the molecule is CC1(C)CC(N)CC1(C)C.[H-].[Na+]. The molecule has 0 aromatic carbocycles. The molecule has 2 N–H and O–H groups in total. The van der Waals surface area contributed by atoms with E-state index in [4.69, 9.17) is 5.73 Å². The Morgan fingerprint density at radius 1 is 1.09 bits per heavy atom. The average Bonchev–Trinajstić information content (AvgIpc) is 1.73. The summed E-state index contributed by atoms with van der Waals surface area (Å²) in [5.74, 6) is 0. The van der Waals surface area contributed by atoms with E-state index in [9.17, 15) is 0 Å². The van der Waals surface area contributed by atoms with E-state index >= 15 is 0 Å². The van der Waals surface area contributed by atoms with E-state index in [0.29, 0.717) is 16.9 Å². The largest absolute Gasteiger partial charge is 1.00 e.